The van der Waals surface area contributed by atoms with Gasteiger partial charge in [-0.2, -0.15) is 5.10 Å². The van der Waals surface area contributed by atoms with Crippen LogP contribution in [0.4, 0.5) is 0 Å². The van der Waals surface area contributed by atoms with Crippen LogP contribution in [0.15, 0.2) is 12.4 Å². The minimum absolute atomic E-state index is 0.110. The van der Waals surface area contributed by atoms with Crippen molar-refractivity contribution >= 4 is 0 Å². The highest BCUT2D eigenvalue weighted by molar-refractivity contribution is 5.14. The van der Waals surface area contributed by atoms with E-state index in [2.05, 4.69) is 23.1 Å². The lowest BCUT2D eigenvalue weighted by Crippen LogP contribution is -2.49. The molecule has 20 heavy (non-hydrogen) atoms. The second-order valence-electron chi connectivity index (χ2n) is 5.86. The molecule has 2 unspecified atom stereocenters. The highest BCUT2D eigenvalue weighted by Crippen LogP contribution is 2.34. The average Bonchev–Trinajstić information content (AvgIpc) is 2.80. The first-order valence-corrected chi connectivity index (χ1v) is 7.78. The summed E-state index contributed by atoms with van der Waals surface area (Å²) >= 11 is 0. The number of rotatable bonds is 8. The van der Waals surface area contributed by atoms with Crippen LogP contribution >= 0.6 is 0 Å². The van der Waals surface area contributed by atoms with Crippen LogP contribution in [0, 0.1) is 0 Å². The summed E-state index contributed by atoms with van der Waals surface area (Å²) in [4.78, 5) is 2.50. The summed E-state index contributed by atoms with van der Waals surface area (Å²) in [5.41, 5.74) is 7.61. The molecule has 5 heteroatoms. The van der Waals surface area contributed by atoms with Crippen LogP contribution in [0.3, 0.4) is 0 Å². The lowest BCUT2D eigenvalue weighted by molar-refractivity contribution is 0.0579. The second-order valence-corrected chi connectivity index (χ2v) is 5.86. The minimum Gasteiger partial charge on any atom is -0.396 e. The fourth-order valence-electron chi connectivity index (χ4n) is 3.02. The summed E-state index contributed by atoms with van der Waals surface area (Å²) in [5.74, 6) is 0. The molecule has 3 N–H and O–H groups in total. The van der Waals surface area contributed by atoms with E-state index in [1.807, 2.05) is 17.9 Å². The molecule has 1 heterocycles. The van der Waals surface area contributed by atoms with Gasteiger partial charge < -0.3 is 10.8 Å². The van der Waals surface area contributed by atoms with E-state index in [9.17, 15) is 0 Å². The first kappa shape index (κ1) is 15.5. The van der Waals surface area contributed by atoms with Crippen LogP contribution in [0.2, 0.25) is 0 Å². The van der Waals surface area contributed by atoms with Crippen LogP contribution in [0.1, 0.15) is 50.6 Å². The van der Waals surface area contributed by atoms with Gasteiger partial charge in [-0.1, -0.05) is 13.3 Å². The number of nitrogens with two attached hydrogens (primary N) is 1. The molecule has 114 valence electrons. The van der Waals surface area contributed by atoms with Gasteiger partial charge in [0.1, 0.15) is 0 Å². The van der Waals surface area contributed by atoms with Crippen molar-refractivity contribution in [1.82, 2.24) is 14.7 Å². The molecule has 1 aromatic rings. The molecule has 0 radical (unpaired) electrons. The van der Waals surface area contributed by atoms with Gasteiger partial charge in [0, 0.05) is 44.0 Å². The zero-order valence-corrected chi connectivity index (χ0v) is 12.7. The van der Waals surface area contributed by atoms with Crippen molar-refractivity contribution in [3.05, 3.63) is 18.0 Å². The number of aryl methyl sites for hydroxylation is 1. The lowest BCUT2D eigenvalue weighted by Gasteiger charge is -2.44. The molecule has 0 bridgehead atoms. The Balaban J connectivity index is 2.21. The van der Waals surface area contributed by atoms with Gasteiger partial charge in [0.15, 0.2) is 0 Å². The predicted octanol–water partition coefficient (Wildman–Crippen LogP) is 1.44. The van der Waals surface area contributed by atoms with Crippen molar-refractivity contribution < 1.29 is 5.11 Å². The van der Waals surface area contributed by atoms with Gasteiger partial charge in [0.2, 0.25) is 0 Å². The summed E-state index contributed by atoms with van der Waals surface area (Å²) in [6.07, 6.45) is 9.57. The highest BCUT2D eigenvalue weighted by atomic mass is 16.3. The smallest absolute Gasteiger partial charge is 0.0538 e. The number of aromatic nitrogens is 2. The molecular formula is C15H28N4O. The molecule has 0 aromatic carbocycles. The maximum Gasteiger partial charge on any atom is 0.0538 e. The Morgan fingerprint density at radius 3 is 2.75 bits per heavy atom. The van der Waals surface area contributed by atoms with Crippen LogP contribution in [0.25, 0.3) is 0 Å². The summed E-state index contributed by atoms with van der Waals surface area (Å²) < 4.78 is 1.84. The molecule has 1 aromatic heterocycles. The normalized spacial score (nSPS) is 19.1. The molecule has 0 aliphatic heterocycles. The van der Waals surface area contributed by atoms with Gasteiger partial charge in [-0.05, 0) is 25.7 Å². The van der Waals surface area contributed by atoms with E-state index < -0.39 is 0 Å². The van der Waals surface area contributed by atoms with Gasteiger partial charge in [-0.3, -0.25) is 9.58 Å². The van der Waals surface area contributed by atoms with E-state index >= 15 is 0 Å². The number of hydrogen-bond acceptors (Lipinski definition) is 4. The second kappa shape index (κ2) is 7.20. The molecule has 0 amide bonds. The van der Waals surface area contributed by atoms with Crippen molar-refractivity contribution in [2.24, 2.45) is 12.8 Å². The summed E-state index contributed by atoms with van der Waals surface area (Å²) in [5, 5.41) is 13.5. The Hall–Kier alpha value is -0.910. The third-order valence-electron chi connectivity index (χ3n) is 4.42. The molecule has 1 fully saturated rings. The first-order valence-electron chi connectivity index (χ1n) is 7.78. The Morgan fingerprint density at radius 1 is 1.55 bits per heavy atom. The maximum atomic E-state index is 9.17. The van der Waals surface area contributed by atoms with Crippen LogP contribution in [-0.2, 0) is 7.05 Å². The largest absolute Gasteiger partial charge is 0.396 e. The van der Waals surface area contributed by atoms with Gasteiger partial charge in [-0.15, -0.1) is 0 Å². The van der Waals surface area contributed by atoms with Gasteiger partial charge in [0.05, 0.1) is 12.2 Å². The van der Waals surface area contributed by atoms with Gasteiger partial charge >= 0.3 is 0 Å². The van der Waals surface area contributed by atoms with Crippen molar-refractivity contribution in [3.8, 4) is 0 Å². The van der Waals surface area contributed by atoms with E-state index in [0.717, 1.165) is 19.4 Å². The molecule has 1 aliphatic rings. The Kier molecular flexibility index (Phi) is 5.57. The van der Waals surface area contributed by atoms with Gasteiger partial charge in [-0.25, -0.2) is 0 Å². The van der Waals surface area contributed by atoms with Crippen LogP contribution in [0.5, 0.6) is 0 Å². The van der Waals surface area contributed by atoms with E-state index in [1.54, 1.807) is 0 Å². The fraction of sp³-hybridized carbons (Fsp3) is 0.800. The fourth-order valence-corrected chi connectivity index (χ4v) is 3.02. The molecule has 2 rings (SSSR count). The molecule has 1 aliphatic carbocycles. The first-order chi connectivity index (χ1) is 9.67. The van der Waals surface area contributed by atoms with E-state index in [0.29, 0.717) is 6.04 Å². The summed E-state index contributed by atoms with van der Waals surface area (Å²) in [6, 6.07) is 0.938. The summed E-state index contributed by atoms with van der Waals surface area (Å²) in [6.45, 7) is 3.29. The third-order valence-corrected chi connectivity index (χ3v) is 4.42. The zero-order valence-electron chi connectivity index (χ0n) is 12.7. The summed E-state index contributed by atoms with van der Waals surface area (Å²) in [7, 11) is 1.94. The molecular weight excluding hydrogens is 252 g/mol. The Morgan fingerprint density at radius 2 is 2.30 bits per heavy atom. The number of aliphatic hydroxyl groups excluding tert-OH is 1. The zero-order chi connectivity index (χ0) is 14.5. The van der Waals surface area contributed by atoms with E-state index in [-0.39, 0.29) is 18.7 Å². The number of aliphatic hydroxyl groups is 1. The average molecular weight is 280 g/mol. The van der Waals surface area contributed by atoms with E-state index in [1.165, 1.54) is 24.8 Å². The van der Waals surface area contributed by atoms with E-state index in [4.69, 9.17) is 10.8 Å². The third kappa shape index (κ3) is 3.40. The van der Waals surface area contributed by atoms with Gasteiger partial charge in [0.25, 0.3) is 0 Å². The maximum absolute atomic E-state index is 9.17. The van der Waals surface area contributed by atoms with Crippen molar-refractivity contribution in [1.29, 1.82) is 0 Å². The van der Waals surface area contributed by atoms with Crippen LogP contribution in [-0.4, -0.2) is 45.0 Å². The topological polar surface area (TPSA) is 67.3 Å². The van der Waals surface area contributed by atoms with Crippen LogP contribution < -0.4 is 5.73 Å². The number of nitrogens with zero attached hydrogens (tertiary/aromatic N) is 3. The Bertz CT molecular complexity index is 402. The standard InChI is InChI=1S/C15H28N4O/c1-3-14(16)15(12-10-17-18(2)11-12)19(8-5-9-20)13-6-4-7-13/h10-11,13-15,20H,3-9,16H2,1-2H3. The molecule has 5 nitrogen and oxygen atoms in total. The van der Waals surface area contributed by atoms with Crippen molar-refractivity contribution in [2.75, 3.05) is 13.2 Å². The molecule has 2 atom stereocenters. The van der Waals surface area contributed by atoms with Crippen molar-refractivity contribution in [2.45, 2.75) is 57.2 Å². The molecule has 0 saturated heterocycles. The number of hydrogen-bond donors (Lipinski definition) is 2. The minimum atomic E-state index is 0.110. The SMILES string of the molecule is CCC(N)C(c1cnn(C)c1)N(CCCO)C1CCC1. The molecule has 1 saturated carbocycles. The highest BCUT2D eigenvalue weighted by Gasteiger charge is 2.34. The van der Waals surface area contributed by atoms with Crippen molar-refractivity contribution in [3.63, 3.8) is 0 Å². The Labute approximate surface area is 121 Å². The quantitative estimate of drug-likeness (QED) is 0.756. The lowest BCUT2D eigenvalue weighted by atomic mass is 9.87. The predicted molar refractivity (Wildman–Crippen MR) is 80.3 cm³/mol. The monoisotopic (exact) mass is 280 g/mol. The molecule has 0 spiro atoms.